The molecule has 0 unspecified atom stereocenters. The van der Waals surface area contributed by atoms with Gasteiger partial charge in [-0.05, 0) is 31.6 Å². The minimum atomic E-state index is -0.371. The number of amides is 3. The third-order valence-corrected chi connectivity index (χ3v) is 3.89. The summed E-state index contributed by atoms with van der Waals surface area (Å²) in [7, 11) is 0. The molecule has 6 heteroatoms. The van der Waals surface area contributed by atoms with E-state index in [4.69, 9.17) is 4.74 Å². The average molecular weight is 282 g/mol. The van der Waals surface area contributed by atoms with E-state index < -0.39 is 0 Å². The second-order valence-electron chi connectivity index (χ2n) is 5.69. The van der Waals surface area contributed by atoms with Crippen molar-refractivity contribution < 1.29 is 19.1 Å². The van der Waals surface area contributed by atoms with Crippen LogP contribution < -0.4 is 5.32 Å². The van der Waals surface area contributed by atoms with Gasteiger partial charge in [0.2, 0.25) is 5.91 Å². The minimum Gasteiger partial charge on any atom is -0.462 e. The highest BCUT2D eigenvalue weighted by Gasteiger charge is 2.28. The molecule has 0 radical (unpaired) electrons. The van der Waals surface area contributed by atoms with Crippen LogP contribution in [0.4, 0.5) is 4.79 Å². The summed E-state index contributed by atoms with van der Waals surface area (Å²) in [5, 5.41) is 2.45. The first-order chi connectivity index (χ1) is 9.56. The second kappa shape index (κ2) is 6.72. The lowest BCUT2D eigenvalue weighted by molar-refractivity contribution is -0.151. The molecule has 2 rings (SSSR count). The van der Waals surface area contributed by atoms with E-state index in [0.29, 0.717) is 12.3 Å². The number of rotatable bonds is 5. The molecule has 0 bridgehead atoms. The number of carbonyl (C=O) groups excluding carboxylic acids is 3. The molecule has 1 aliphatic carbocycles. The molecule has 1 saturated heterocycles. The Kier molecular flexibility index (Phi) is 4.98. The van der Waals surface area contributed by atoms with Gasteiger partial charge in [-0.2, -0.15) is 0 Å². The van der Waals surface area contributed by atoms with Crippen molar-refractivity contribution in [1.82, 2.24) is 10.2 Å². The summed E-state index contributed by atoms with van der Waals surface area (Å²) < 4.78 is 5.44. The smallest absolute Gasteiger partial charge is 0.324 e. The molecule has 2 fully saturated rings. The number of carbonyl (C=O) groups is 3. The fraction of sp³-hybridized carbons (Fsp3) is 0.786. The number of nitrogens with zero attached hydrogens (tertiary/aromatic N) is 1. The number of hydrogen-bond acceptors (Lipinski definition) is 4. The van der Waals surface area contributed by atoms with E-state index in [2.05, 4.69) is 12.2 Å². The van der Waals surface area contributed by atoms with Crippen LogP contribution in [0.15, 0.2) is 0 Å². The lowest BCUT2D eigenvalue weighted by Gasteiger charge is -2.26. The van der Waals surface area contributed by atoms with Gasteiger partial charge >= 0.3 is 12.0 Å². The number of urea groups is 1. The van der Waals surface area contributed by atoms with Crippen LogP contribution >= 0.6 is 0 Å². The van der Waals surface area contributed by atoms with Gasteiger partial charge in [0.15, 0.2) is 0 Å². The van der Waals surface area contributed by atoms with Gasteiger partial charge in [0, 0.05) is 13.0 Å². The van der Waals surface area contributed by atoms with Crippen molar-refractivity contribution in [2.24, 2.45) is 5.92 Å². The van der Waals surface area contributed by atoms with Gasteiger partial charge in [-0.1, -0.05) is 13.3 Å². The lowest BCUT2D eigenvalue weighted by atomic mass is 9.89. The third-order valence-electron chi connectivity index (χ3n) is 3.89. The first-order valence-electron chi connectivity index (χ1n) is 7.34. The predicted molar refractivity (Wildman–Crippen MR) is 71.9 cm³/mol. The number of hydrogen-bond donors (Lipinski definition) is 1. The molecular formula is C14H22N2O4. The lowest BCUT2D eigenvalue weighted by Crippen LogP contribution is -2.32. The Hall–Kier alpha value is -1.59. The molecule has 0 aromatic carbocycles. The molecular weight excluding hydrogens is 260 g/mol. The van der Waals surface area contributed by atoms with Crippen molar-refractivity contribution >= 4 is 17.9 Å². The highest BCUT2D eigenvalue weighted by atomic mass is 16.5. The zero-order valence-corrected chi connectivity index (χ0v) is 11.9. The van der Waals surface area contributed by atoms with Crippen molar-refractivity contribution in [3.8, 4) is 0 Å². The number of ether oxygens (including phenoxy) is 1. The van der Waals surface area contributed by atoms with Crippen molar-refractivity contribution in [3.63, 3.8) is 0 Å². The molecule has 1 N–H and O–H groups in total. The van der Waals surface area contributed by atoms with Crippen molar-refractivity contribution in [2.75, 3.05) is 13.1 Å². The van der Waals surface area contributed by atoms with Crippen molar-refractivity contribution in [1.29, 1.82) is 0 Å². The van der Waals surface area contributed by atoms with Crippen LogP contribution in [0.25, 0.3) is 0 Å². The van der Waals surface area contributed by atoms with E-state index in [9.17, 15) is 14.4 Å². The molecule has 20 heavy (non-hydrogen) atoms. The minimum absolute atomic E-state index is 0.0444. The Labute approximate surface area is 118 Å². The second-order valence-corrected chi connectivity index (χ2v) is 5.69. The van der Waals surface area contributed by atoms with Crippen LogP contribution in [-0.4, -0.2) is 42.0 Å². The van der Waals surface area contributed by atoms with E-state index >= 15 is 0 Å². The topological polar surface area (TPSA) is 75.7 Å². The molecule has 112 valence electrons. The maximum atomic E-state index is 11.7. The summed E-state index contributed by atoms with van der Waals surface area (Å²) in [6.45, 7) is 2.52. The van der Waals surface area contributed by atoms with Crippen LogP contribution in [0.3, 0.4) is 0 Å². The number of imide groups is 1. The van der Waals surface area contributed by atoms with E-state index in [1.165, 1.54) is 6.42 Å². The molecule has 1 aliphatic heterocycles. The Morgan fingerprint density at radius 3 is 2.85 bits per heavy atom. The van der Waals surface area contributed by atoms with E-state index in [1.54, 1.807) is 0 Å². The largest absolute Gasteiger partial charge is 0.462 e. The van der Waals surface area contributed by atoms with E-state index in [1.807, 2.05) is 0 Å². The summed E-state index contributed by atoms with van der Waals surface area (Å²) >= 11 is 0. The van der Waals surface area contributed by atoms with Gasteiger partial charge in [0.25, 0.3) is 0 Å². The zero-order chi connectivity index (χ0) is 14.5. The average Bonchev–Trinajstić information content (AvgIpc) is 2.70. The molecule has 2 atom stereocenters. The number of nitrogens with one attached hydrogen (secondary N) is 1. The van der Waals surface area contributed by atoms with Gasteiger partial charge in [0.1, 0.15) is 6.10 Å². The Morgan fingerprint density at radius 1 is 1.40 bits per heavy atom. The van der Waals surface area contributed by atoms with Crippen LogP contribution in [-0.2, 0) is 14.3 Å². The van der Waals surface area contributed by atoms with Crippen molar-refractivity contribution in [2.45, 2.75) is 51.6 Å². The van der Waals surface area contributed by atoms with Crippen LogP contribution in [0, 0.1) is 5.92 Å². The molecule has 0 spiro atoms. The Balaban J connectivity index is 1.65. The standard InChI is InChI=1S/C14H22N2O4/c1-10-4-2-5-11(8-10)20-13(18)6-3-7-16-12(17)9-15-14(16)19/h10-11H,2-9H2,1H3,(H,15,19)/t10-,11+/m1/s1. The summed E-state index contributed by atoms with van der Waals surface area (Å²) in [5.74, 6) is 0.160. The summed E-state index contributed by atoms with van der Waals surface area (Å²) in [6, 6.07) is -0.371. The molecule has 0 aromatic heterocycles. The van der Waals surface area contributed by atoms with E-state index in [-0.39, 0.29) is 43.5 Å². The maximum absolute atomic E-state index is 11.7. The quantitative estimate of drug-likeness (QED) is 0.611. The van der Waals surface area contributed by atoms with Gasteiger partial charge in [-0.15, -0.1) is 0 Å². The molecule has 1 heterocycles. The van der Waals surface area contributed by atoms with E-state index in [0.717, 1.165) is 24.2 Å². The molecule has 3 amide bonds. The third kappa shape index (κ3) is 3.95. The Bertz CT molecular complexity index is 381. The Morgan fingerprint density at radius 2 is 2.20 bits per heavy atom. The van der Waals surface area contributed by atoms with Crippen LogP contribution in [0.5, 0.6) is 0 Å². The summed E-state index contributed by atoms with van der Waals surface area (Å²) in [4.78, 5) is 35.5. The first-order valence-corrected chi connectivity index (χ1v) is 7.34. The van der Waals surface area contributed by atoms with Crippen LogP contribution in [0.2, 0.25) is 0 Å². The summed E-state index contributed by atoms with van der Waals surface area (Å²) in [5.41, 5.74) is 0. The van der Waals surface area contributed by atoms with Gasteiger partial charge in [-0.3, -0.25) is 14.5 Å². The molecule has 0 aromatic rings. The molecule has 6 nitrogen and oxygen atoms in total. The maximum Gasteiger partial charge on any atom is 0.324 e. The fourth-order valence-electron chi connectivity index (χ4n) is 2.79. The predicted octanol–water partition coefficient (Wildman–Crippen LogP) is 1.44. The van der Waals surface area contributed by atoms with Gasteiger partial charge in [0.05, 0.1) is 6.54 Å². The monoisotopic (exact) mass is 282 g/mol. The van der Waals surface area contributed by atoms with Gasteiger partial charge < -0.3 is 10.1 Å². The molecule has 2 aliphatic rings. The first kappa shape index (κ1) is 14.8. The highest BCUT2D eigenvalue weighted by molar-refractivity contribution is 6.01. The SMILES string of the molecule is C[C@@H]1CCC[C@H](OC(=O)CCCN2C(=O)CNC2=O)C1. The highest BCUT2D eigenvalue weighted by Crippen LogP contribution is 2.26. The normalized spacial score (nSPS) is 26.6. The molecule has 1 saturated carbocycles. The fourth-order valence-corrected chi connectivity index (χ4v) is 2.79. The van der Waals surface area contributed by atoms with Gasteiger partial charge in [-0.25, -0.2) is 4.79 Å². The number of esters is 1. The zero-order valence-electron chi connectivity index (χ0n) is 11.9. The van der Waals surface area contributed by atoms with Crippen LogP contribution in [0.1, 0.15) is 45.4 Å². The van der Waals surface area contributed by atoms with Crippen molar-refractivity contribution in [3.05, 3.63) is 0 Å². The summed E-state index contributed by atoms with van der Waals surface area (Å²) in [6.07, 6.45) is 4.97.